The molecule has 1 fully saturated rings. The topological polar surface area (TPSA) is 116 Å². The number of hydrogen-bond acceptors (Lipinski definition) is 8. The summed E-state index contributed by atoms with van der Waals surface area (Å²) in [6, 6.07) is 10.6. The fraction of sp³-hybridized carbons (Fsp3) is 0.238. The van der Waals surface area contributed by atoms with Gasteiger partial charge in [-0.25, -0.2) is 9.97 Å². The zero-order chi connectivity index (χ0) is 20.1. The number of phenols is 1. The molecule has 0 bridgehead atoms. The molecule has 1 atom stereocenters. The van der Waals surface area contributed by atoms with Gasteiger partial charge in [-0.15, -0.1) is 0 Å². The maximum atomic E-state index is 9.72. The van der Waals surface area contributed by atoms with Crippen molar-refractivity contribution in [3.63, 3.8) is 0 Å². The van der Waals surface area contributed by atoms with Crippen LogP contribution in [0, 0.1) is 11.3 Å². The number of rotatable bonds is 6. The van der Waals surface area contributed by atoms with Crippen molar-refractivity contribution < 1.29 is 9.84 Å². The van der Waals surface area contributed by atoms with Crippen LogP contribution in [0.4, 0.5) is 5.82 Å². The van der Waals surface area contributed by atoms with Crippen molar-refractivity contribution in [2.24, 2.45) is 0 Å². The van der Waals surface area contributed by atoms with Crippen LogP contribution in [0.25, 0.3) is 11.3 Å². The minimum atomic E-state index is 0.0993. The van der Waals surface area contributed by atoms with Crippen LogP contribution in [-0.4, -0.2) is 39.2 Å². The number of nitriles is 1. The molecule has 0 radical (unpaired) electrons. The third-order valence-electron chi connectivity index (χ3n) is 4.61. The largest absolute Gasteiger partial charge is 0.508 e. The number of nitrogens with zero attached hydrogens (tertiary/aromatic N) is 4. The van der Waals surface area contributed by atoms with Crippen molar-refractivity contribution in [1.29, 1.82) is 5.26 Å². The highest BCUT2D eigenvalue weighted by Crippen LogP contribution is 2.30. The predicted octanol–water partition coefficient (Wildman–Crippen LogP) is 3.07. The molecule has 1 aromatic carbocycles. The summed E-state index contributed by atoms with van der Waals surface area (Å²) in [4.78, 5) is 13.2. The zero-order valence-electron chi connectivity index (χ0n) is 15.7. The third-order valence-corrected chi connectivity index (χ3v) is 4.61. The summed E-state index contributed by atoms with van der Waals surface area (Å²) in [6.07, 6.45) is 7.00. The Hall–Kier alpha value is -3.70. The molecule has 8 nitrogen and oxygen atoms in total. The van der Waals surface area contributed by atoms with Crippen LogP contribution < -0.4 is 15.4 Å². The van der Waals surface area contributed by atoms with Crippen LogP contribution in [0.15, 0.2) is 48.9 Å². The number of nitrogens with one attached hydrogen (secondary N) is 2. The maximum absolute atomic E-state index is 9.72. The summed E-state index contributed by atoms with van der Waals surface area (Å²) >= 11 is 0. The Morgan fingerprint density at radius 1 is 1.28 bits per heavy atom. The van der Waals surface area contributed by atoms with Gasteiger partial charge in [-0.05, 0) is 37.6 Å². The molecule has 3 aromatic rings. The number of aromatic hydroxyl groups is 1. The highest BCUT2D eigenvalue weighted by Gasteiger charge is 2.17. The van der Waals surface area contributed by atoms with Gasteiger partial charge in [0.15, 0.2) is 5.82 Å². The van der Waals surface area contributed by atoms with E-state index >= 15 is 0 Å². The first-order valence-corrected chi connectivity index (χ1v) is 9.38. The molecule has 4 rings (SSSR count). The van der Waals surface area contributed by atoms with Crippen molar-refractivity contribution in [3.8, 4) is 34.7 Å². The molecule has 8 heteroatoms. The van der Waals surface area contributed by atoms with Crippen molar-refractivity contribution in [2.45, 2.75) is 18.9 Å². The minimum absolute atomic E-state index is 0.0993. The maximum Gasteiger partial charge on any atom is 0.263 e. The second kappa shape index (κ2) is 8.54. The van der Waals surface area contributed by atoms with Gasteiger partial charge in [-0.1, -0.05) is 6.07 Å². The van der Waals surface area contributed by atoms with Gasteiger partial charge < -0.3 is 20.5 Å². The van der Waals surface area contributed by atoms with Gasteiger partial charge in [-0.3, -0.25) is 4.98 Å². The van der Waals surface area contributed by atoms with Gasteiger partial charge in [0.25, 0.3) is 5.88 Å². The standard InChI is InChI=1S/C21H20N6O2/c22-9-14-7-15(11-23-10-14)19-13-26-20(25-12-16-3-2-6-24-16)21(27-19)29-18-5-1-4-17(28)8-18/h1,4-5,7-8,10-11,13,16,24,28H,2-3,6,12H2,(H,25,26). The van der Waals surface area contributed by atoms with Crippen molar-refractivity contribution in [1.82, 2.24) is 20.3 Å². The van der Waals surface area contributed by atoms with Crippen molar-refractivity contribution in [2.75, 3.05) is 18.4 Å². The fourth-order valence-corrected chi connectivity index (χ4v) is 3.15. The van der Waals surface area contributed by atoms with E-state index in [1.165, 1.54) is 12.3 Å². The van der Waals surface area contributed by atoms with Crippen LogP contribution in [0.5, 0.6) is 17.4 Å². The molecular weight excluding hydrogens is 368 g/mol. The smallest absolute Gasteiger partial charge is 0.263 e. The Kier molecular flexibility index (Phi) is 5.49. The van der Waals surface area contributed by atoms with E-state index in [1.54, 1.807) is 36.7 Å². The highest BCUT2D eigenvalue weighted by atomic mass is 16.5. The number of anilines is 1. The second-order valence-electron chi connectivity index (χ2n) is 6.76. The molecule has 1 aliphatic heterocycles. The average Bonchev–Trinajstić information content (AvgIpc) is 3.26. The summed E-state index contributed by atoms with van der Waals surface area (Å²) in [5.74, 6) is 1.34. The monoisotopic (exact) mass is 388 g/mol. The molecule has 0 saturated carbocycles. The molecule has 0 spiro atoms. The molecule has 1 aliphatic rings. The lowest BCUT2D eigenvalue weighted by Gasteiger charge is -2.15. The van der Waals surface area contributed by atoms with Crippen LogP contribution in [-0.2, 0) is 0 Å². The molecule has 1 saturated heterocycles. The van der Waals surface area contributed by atoms with Crippen LogP contribution >= 0.6 is 0 Å². The van der Waals surface area contributed by atoms with Crippen molar-refractivity contribution >= 4 is 5.82 Å². The van der Waals surface area contributed by atoms with Crippen LogP contribution in [0.2, 0.25) is 0 Å². The lowest BCUT2D eigenvalue weighted by molar-refractivity contribution is 0.445. The first-order chi connectivity index (χ1) is 14.2. The van der Waals surface area contributed by atoms with Gasteiger partial charge in [0.1, 0.15) is 17.6 Å². The Balaban J connectivity index is 1.65. The number of hydrogen-bond donors (Lipinski definition) is 3. The van der Waals surface area contributed by atoms with Crippen molar-refractivity contribution in [3.05, 3.63) is 54.5 Å². The highest BCUT2D eigenvalue weighted by molar-refractivity contribution is 5.62. The Morgan fingerprint density at radius 2 is 2.21 bits per heavy atom. The SMILES string of the molecule is N#Cc1cncc(-c2cnc(NCC3CCCN3)c(Oc3cccc(O)c3)n2)c1. The molecule has 3 N–H and O–H groups in total. The van der Waals surface area contributed by atoms with Crippen LogP contribution in [0.1, 0.15) is 18.4 Å². The van der Waals surface area contributed by atoms with E-state index in [1.807, 2.05) is 0 Å². The molecule has 146 valence electrons. The molecule has 3 heterocycles. The molecular formula is C21H20N6O2. The Bertz CT molecular complexity index is 1040. The number of pyridine rings is 1. The number of aromatic nitrogens is 3. The second-order valence-corrected chi connectivity index (χ2v) is 6.76. The molecule has 0 aliphatic carbocycles. The lowest BCUT2D eigenvalue weighted by Crippen LogP contribution is -2.29. The third kappa shape index (κ3) is 4.59. The quantitative estimate of drug-likeness (QED) is 0.590. The number of benzene rings is 1. The van der Waals surface area contributed by atoms with E-state index in [0.29, 0.717) is 41.0 Å². The van der Waals surface area contributed by atoms with E-state index < -0.39 is 0 Å². The summed E-state index contributed by atoms with van der Waals surface area (Å²) in [5.41, 5.74) is 1.64. The Labute approximate surface area is 168 Å². The normalized spacial score (nSPS) is 15.6. The lowest BCUT2D eigenvalue weighted by atomic mass is 10.2. The Morgan fingerprint density at radius 3 is 3.00 bits per heavy atom. The fourth-order valence-electron chi connectivity index (χ4n) is 3.15. The summed E-state index contributed by atoms with van der Waals surface area (Å²) in [6.45, 7) is 1.72. The van der Waals surface area contributed by atoms with E-state index in [2.05, 4.69) is 31.7 Å². The first-order valence-electron chi connectivity index (χ1n) is 9.38. The number of phenolic OH excluding ortho intramolecular Hbond substituents is 1. The molecule has 0 amide bonds. The van der Waals surface area contributed by atoms with Crippen LogP contribution in [0.3, 0.4) is 0 Å². The van der Waals surface area contributed by atoms with E-state index in [4.69, 9.17) is 10.00 Å². The first kappa shape index (κ1) is 18.7. The van der Waals surface area contributed by atoms with Gasteiger partial charge in [0.05, 0.1) is 17.5 Å². The van der Waals surface area contributed by atoms with Gasteiger partial charge >= 0.3 is 0 Å². The number of ether oxygens (including phenoxy) is 1. The summed E-state index contributed by atoms with van der Waals surface area (Å²) in [7, 11) is 0. The van der Waals surface area contributed by atoms with Gasteiger partial charge in [-0.2, -0.15) is 5.26 Å². The van der Waals surface area contributed by atoms with E-state index in [9.17, 15) is 5.11 Å². The predicted molar refractivity (Wildman–Crippen MR) is 108 cm³/mol. The van der Waals surface area contributed by atoms with Gasteiger partial charge in [0.2, 0.25) is 0 Å². The minimum Gasteiger partial charge on any atom is -0.508 e. The zero-order valence-corrected chi connectivity index (χ0v) is 15.7. The van der Waals surface area contributed by atoms with Gasteiger partial charge in [0, 0.05) is 36.6 Å². The van der Waals surface area contributed by atoms with E-state index in [0.717, 1.165) is 19.4 Å². The van der Waals surface area contributed by atoms with E-state index in [-0.39, 0.29) is 11.6 Å². The summed E-state index contributed by atoms with van der Waals surface area (Å²) in [5, 5.41) is 25.6. The molecule has 29 heavy (non-hydrogen) atoms. The molecule has 1 unspecified atom stereocenters. The summed E-state index contributed by atoms with van der Waals surface area (Å²) < 4.78 is 5.92. The average molecular weight is 388 g/mol. The molecule has 2 aromatic heterocycles.